The van der Waals surface area contributed by atoms with Crippen molar-refractivity contribution < 1.29 is 19.8 Å². The molecule has 0 radical (unpaired) electrons. The van der Waals surface area contributed by atoms with Crippen molar-refractivity contribution in [3.8, 4) is 11.1 Å². The number of hydrogen-bond acceptors (Lipinski definition) is 4. The number of aliphatic hydroxyl groups excluding tert-OH is 1. The lowest BCUT2D eigenvalue weighted by Crippen LogP contribution is -2.32. The summed E-state index contributed by atoms with van der Waals surface area (Å²) >= 11 is 0. The van der Waals surface area contributed by atoms with E-state index < -0.39 is 12.0 Å². The number of carbonyl (C=O) groups excluding carboxylic acids is 1. The minimum Gasteiger partial charge on any atom is -0.480 e. The Hall–Kier alpha value is -3.48. The second kappa shape index (κ2) is 12.3. The second-order valence-electron chi connectivity index (χ2n) is 9.20. The van der Waals surface area contributed by atoms with Gasteiger partial charge in [0, 0.05) is 24.6 Å². The molecular weight excluding hydrogens is 440 g/mol. The fourth-order valence-electron chi connectivity index (χ4n) is 4.09. The van der Waals surface area contributed by atoms with Crippen LogP contribution in [0, 0.1) is 5.92 Å². The highest BCUT2D eigenvalue weighted by Gasteiger charge is 2.18. The molecule has 0 bridgehead atoms. The molecule has 0 aromatic heterocycles. The molecule has 6 heteroatoms. The Balaban J connectivity index is 1.62. The molecule has 0 saturated heterocycles. The smallest absolute Gasteiger partial charge is 0.320 e. The molecule has 1 amide bonds. The van der Waals surface area contributed by atoms with Crippen molar-refractivity contribution in [1.29, 1.82) is 0 Å². The summed E-state index contributed by atoms with van der Waals surface area (Å²) in [5, 5.41) is 21.1. The van der Waals surface area contributed by atoms with Crippen LogP contribution in [0.5, 0.6) is 0 Å². The zero-order valence-electron chi connectivity index (χ0n) is 20.3. The van der Waals surface area contributed by atoms with Gasteiger partial charge in [0.25, 0.3) is 5.91 Å². The molecule has 0 aliphatic carbocycles. The van der Waals surface area contributed by atoms with E-state index in [2.05, 4.69) is 55.6 Å². The third-order valence-corrected chi connectivity index (χ3v) is 6.30. The van der Waals surface area contributed by atoms with E-state index in [0.717, 1.165) is 22.3 Å². The maximum Gasteiger partial charge on any atom is 0.320 e. The summed E-state index contributed by atoms with van der Waals surface area (Å²) in [4.78, 5) is 23.6. The Morgan fingerprint density at radius 2 is 1.40 bits per heavy atom. The van der Waals surface area contributed by atoms with Gasteiger partial charge in [-0.25, -0.2) is 0 Å². The number of hydrogen-bond donors (Lipinski definition) is 4. The highest BCUT2D eigenvalue weighted by atomic mass is 16.4. The lowest BCUT2D eigenvalue weighted by molar-refractivity contribution is -0.138. The summed E-state index contributed by atoms with van der Waals surface area (Å²) < 4.78 is 0. The molecule has 0 spiro atoms. The third kappa shape index (κ3) is 7.25. The Labute approximate surface area is 206 Å². The van der Waals surface area contributed by atoms with E-state index in [-0.39, 0.29) is 24.9 Å². The number of aliphatic carboxylic acids is 1. The lowest BCUT2D eigenvalue weighted by atomic mass is 9.87. The maximum atomic E-state index is 12.7. The predicted octanol–water partition coefficient (Wildman–Crippen LogP) is 4.01. The van der Waals surface area contributed by atoms with E-state index in [1.165, 1.54) is 5.56 Å². The van der Waals surface area contributed by atoms with Crippen molar-refractivity contribution in [2.45, 2.75) is 38.6 Å². The quantitative estimate of drug-likeness (QED) is 0.335. The van der Waals surface area contributed by atoms with Crippen molar-refractivity contribution in [2.75, 3.05) is 13.2 Å². The molecular formula is C29H34N2O4. The number of rotatable bonds is 11. The van der Waals surface area contributed by atoms with E-state index in [1.807, 2.05) is 12.1 Å². The third-order valence-electron chi connectivity index (χ3n) is 6.30. The van der Waals surface area contributed by atoms with Crippen LogP contribution in [0.3, 0.4) is 0 Å². The van der Waals surface area contributed by atoms with Crippen LogP contribution in [-0.2, 0) is 17.6 Å². The summed E-state index contributed by atoms with van der Waals surface area (Å²) in [6, 6.07) is 22.6. The average Bonchev–Trinajstić information content (AvgIpc) is 2.85. The number of nitrogens with one attached hydrogen (secondary N) is 1. The number of nitrogens with two attached hydrogens (primary N) is 1. The van der Waals surface area contributed by atoms with Crippen LogP contribution in [-0.4, -0.2) is 41.3 Å². The van der Waals surface area contributed by atoms with Gasteiger partial charge in [0.2, 0.25) is 0 Å². The Bertz CT molecular complexity index is 1110. The summed E-state index contributed by atoms with van der Waals surface area (Å²) in [7, 11) is 0. The Morgan fingerprint density at radius 3 is 1.91 bits per heavy atom. The van der Waals surface area contributed by atoms with Crippen LogP contribution in [0.1, 0.15) is 46.8 Å². The van der Waals surface area contributed by atoms with Gasteiger partial charge in [0.15, 0.2) is 0 Å². The first-order valence-electron chi connectivity index (χ1n) is 11.9. The van der Waals surface area contributed by atoms with Crippen LogP contribution < -0.4 is 11.1 Å². The molecule has 35 heavy (non-hydrogen) atoms. The van der Waals surface area contributed by atoms with Crippen molar-refractivity contribution in [3.63, 3.8) is 0 Å². The number of carboxylic acid groups (broad SMARTS) is 1. The van der Waals surface area contributed by atoms with Gasteiger partial charge in [-0.15, -0.1) is 0 Å². The second-order valence-corrected chi connectivity index (χ2v) is 9.20. The molecule has 6 nitrogen and oxygen atoms in total. The monoisotopic (exact) mass is 474 g/mol. The average molecular weight is 475 g/mol. The number of amides is 1. The molecule has 0 aliphatic rings. The summed E-state index contributed by atoms with van der Waals surface area (Å²) in [6.45, 7) is 4.95. The van der Waals surface area contributed by atoms with E-state index in [1.54, 1.807) is 24.3 Å². The normalized spacial score (nSPS) is 12.8. The van der Waals surface area contributed by atoms with Gasteiger partial charge in [-0.3, -0.25) is 9.59 Å². The Kier molecular flexibility index (Phi) is 9.18. The van der Waals surface area contributed by atoms with Crippen molar-refractivity contribution >= 4 is 11.9 Å². The molecule has 0 aliphatic heterocycles. The first kappa shape index (κ1) is 26.1. The topological polar surface area (TPSA) is 113 Å². The minimum absolute atomic E-state index is 0.147. The highest BCUT2D eigenvalue weighted by Crippen LogP contribution is 2.27. The summed E-state index contributed by atoms with van der Waals surface area (Å²) in [5.41, 5.74) is 11.4. The molecule has 5 N–H and O–H groups in total. The van der Waals surface area contributed by atoms with Gasteiger partial charge in [-0.2, -0.15) is 0 Å². The molecule has 0 fully saturated rings. The van der Waals surface area contributed by atoms with Crippen molar-refractivity contribution in [2.24, 2.45) is 11.7 Å². The number of aliphatic hydroxyl groups is 1. The number of carbonyl (C=O) groups is 2. The summed E-state index contributed by atoms with van der Waals surface area (Å²) in [5.74, 6) is -0.716. The van der Waals surface area contributed by atoms with Crippen LogP contribution in [0.2, 0.25) is 0 Å². The van der Waals surface area contributed by atoms with E-state index in [0.29, 0.717) is 24.4 Å². The molecule has 0 saturated carbocycles. The van der Waals surface area contributed by atoms with Gasteiger partial charge in [0.05, 0.1) is 0 Å². The van der Waals surface area contributed by atoms with Gasteiger partial charge in [0.1, 0.15) is 6.04 Å². The lowest BCUT2D eigenvalue weighted by Gasteiger charge is -2.22. The molecule has 184 valence electrons. The SMILES string of the molecule is CC(C)[C@@H](CNC(=O)c1ccc(C[C@H](N)C(=O)O)cc1)c1ccc(-c2ccc(CCO)cc2)cc1. The maximum absolute atomic E-state index is 12.7. The number of carboxylic acids is 1. The van der Waals surface area contributed by atoms with Gasteiger partial charge in [-0.1, -0.05) is 74.5 Å². The largest absolute Gasteiger partial charge is 0.480 e. The molecule has 0 heterocycles. The first-order valence-corrected chi connectivity index (χ1v) is 11.9. The van der Waals surface area contributed by atoms with E-state index in [9.17, 15) is 9.59 Å². The zero-order chi connectivity index (χ0) is 25.4. The highest BCUT2D eigenvalue weighted by molar-refractivity contribution is 5.94. The Morgan fingerprint density at radius 1 is 0.857 bits per heavy atom. The summed E-state index contributed by atoms with van der Waals surface area (Å²) in [6.07, 6.45) is 0.874. The van der Waals surface area contributed by atoms with Crippen LogP contribution in [0.25, 0.3) is 11.1 Å². The number of benzene rings is 3. The molecule has 0 unspecified atom stereocenters. The van der Waals surface area contributed by atoms with Crippen LogP contribution >= 0.6 is 0 Å². The fraction of sp³-hybridized carbons (Fsp3) is 0.310. The van der Waals surface area contributed by atoms with Crippen molar-refractivity contribution in [1.82, 2.24) is 5.32 Å². The van der Waals surface area contributed by atoms with Gasteiger partial charge < -0.3 is 21.3 Å². The fourth-order valence-corrected chi connectivity index (χ4v) is 4.09. The molecule has 2 atom stereocenters. The van der Waals surface area contributed by atoms with Gasteiger partial charge in [-0.05, 0) is 58.7 Å². The van der Waals surface area contributed by atoms with Crippen molar-refractivity contribution in [3.05, 3.63) is 95.1 Å². The predicted molar refractivity (Wildman–Crippen MR) is 138 cm³/mol. The van der Waals surface area contributed by atoms with Gasteiger partial charge >= 0.3 is 5.97 Å². The zero-order valence-corrected chi connectivity index (χ0v) is 20.3. The van der Waals surface area contributed by atoms with Crippen LogP contribution in [0.4, 0.5) is 0 Å². The van der Waals surface area contributed by atoms with E-state index >= 15 is 0 Å². The minimum atomic E-state index is -1.05. The molecule has 3 aromatic carbocycles. The standard InChI is InChI=1S/C29H34N2O4/c1-19(2)26(18-31-28(33)25-9-5-21(6-10-25)17-27(30)29(34)35)24-13-11-23(12-14-24)22-7-3-20(4-8-22)15-16-32/h3-14,19,26-27,32H,15-18,30H2,1-2H3,(H,31,33)(H,34,35)/t26-,27+/m1/s1. The molecule has 3 aromatic rings. The van der Waals surface area contributed by atoms with E-state index in [4.69, 9.17) is 15.9 Å². The van der Waals surface area contributed by atoms with Crippen LogP contribution in [0.15, 0.2) is 72.8 Å². The molecule has 3 rings (SSSR count). The first-order chi connectivity index (χ1) is 16.8.